The summed E-state index contributed by atoms with van der Waals surface area (Å²) < 4.78 is 14.1. The summed E-state index contributed by atoms with van der Waals surface area (Å²) in [5.41, 5.74) is 0.751. The van der Waals surface area contributed by atoms with Crippen molar-refractivity contribution in [2.24, 2.45) is 7.05 Å². The summed E-state index contributed by atoms with van der Waals surface area (Å²) in [4.78, 5) is 7.53. The van der Waals surface area contributed by atoms with E-state index in [1.165, 1.54) is 18.6 Å². The molecule has 0 saturated heterocycles. The molecule has 0 aliphatic carbocycles. The van der Waals surface area contributed by atoms with Crippen LogP contribution in [0.1, 0.15) is 0 Å². The van der Waals surface area contributed by atoms with E-state index in [-0.39, 0.29) is 0 Å². The van der Waals surface area contributed by atoms with Crippen molar-refractivity contribution in [3.8, 4) is 11.4 Å². The van der Waals surface area contributed by atoms with Gasteiger partial charge in [0.05, 0.1) is 0 Å². The summed E-state index contributed by atoms with van der Waals surface area (Å²) in [6.45, 7) is 0. The number of nitrogens with zero attached hydrogens (tertiary/aromatic N) is 4. The molecule has 0 saturated carbocycles. The summed E-state index contributed by atoms with van der Waals surface area (Å²) in [6.07, 6.45) is 2.87. The molecule has 0 N–H and O–H groups in total. The van der Waals surface area contributed by atoms with Crippen LogP contribution >= 0.6 is 0 Å². The largest absolute Gasteiger partial charge is 0.249 e. The molecule has 66 valence electrons. The van der Waals surface area contributed by atoms with Crippen LogP contribution in [0, 0.1) is 5.95 Å². The van der Waals surface area contributed by atoms with Crippen molar-refractivity contribution in [3.63, 3.8) is 0 Å². The first-order chi connectivity index (χ1) is 6.27. The maximum atomic E-state index is 12.5. The zero-order valence-electron chi connectivity index (χ0n) is 6.98. The van der Waals surface area contributed by atoms with Crippen LogP contribution in [0.15, 0.2) is 24.7 Å². The predicted octanol–water partition coefficient (Wildman–Crippen LogP) is 1.02. The molecule has 0 fully saturated rings. The van der Waals surface area contributed by atoms with E-state index < -0.39 is 5.95 Å². The number of halogens is 1. The normalized spacial score (nSPS) is 10.3. The van der Waals surface area contributed by atoms with E-state index in [9.17, 15) is 4.39 Å². The Morgan fingerprint density at radius 3 is 2.69 bits per heavy atom. The first-order valence-corrected chi connectivity index (χ1v) is 3.73. The van der Waals surface area contributed by atoms with Crippen LogP contribution in [0.3, 0.4) is 0 Å². The van der Waals surface area contributed by atoms with Crippen LogP contribution in [-0.2, 0) is 7.05 Å². The standard InChI is InChI=1S/C8H7FN4/c1-13-8(11-5-12-13)6-2-3-7(9)10-4-6/h2-5H,1H3. The van der Waals surface area contributed by atoms with E-state index >= 15 is 0 Å². The first-order valence-electron chi connectivity index (χ1n) is 3.73. The number of aromatic nitrogens is 4. The van der Waals surface area contributed by atoms with Gasteiger partial charge < -0.3 is 0 Å². The summed E-state index contributed by atoms with van der Waals surface area (Å²) in [6, 6.07) is 2.91. The number of hydrogen-bond donors (Lipinski definition) is 0. The van der Waals surface area contributed by atoms with E-state index in [1.54, 1.807) is 17.8 Å². The molecule has 2 rings (SSSR count). The summed E-state index contributed by atoms with van der Waals surface area (Å²) in [7, 11) is 1.77. The van der Waals surface area contributed by atoms with Crippen molar-refractivity contribution < 1.29 is 4.39 Å². The van der Waals surface area contributed by atoms with Crippen molar-refractivity contribution in [2.45, 2.75) is 0 Å². The maximum absolute atomic E-state index is 12.5. The lowest BCUT2D eigenvalue weighted by Gasteiger charge is -1.98. The van der Waals surface area contributed by atoms with Crippen LogP contribution < -0.4 is 0 Å². The van der Waals surface area contributed by atoms with Gasteiger partial charge in [0.1, 0.15) is 6.33 Å². The number of pyridine rings is 1. The van der Waals surface area contributed by atoms with Crippen molar-refractivity contribution in [1.82, 2.24) is 19.7 Å². The molecule has 2 aromatic heterocycles. The fraction of sp³-hybridized carbons (Fsp3) is 0.125. The molecule has 0 aromatic carbocycles. The Bertz CT molecular complexity index is 406. The second kappa shape index (κ2) is 2.93. The van der Waals surface area contributed by atoms with E-state index in [0.717, 1.165) is 5.56 Å². The molecule has 2 aromatic rings. The highest BCUT2D eigenvalue weighted by Gasteiger charge is 2.03. The third-order valence-corrected chi connectivity index (χ3v) is 1.70. The van der Waals surface area contributed by atoms with Gasteiger partial charge in [-0.1, -0.05) is 0 Å². The molecule has 5 heteroatoms. The van der Waals surface area contributed by atoms with Crippen LogP contribution in [0.5, 0.6) is 0 Å². The molecule has 0 unspecified atom stereocenters. The Labute approximate surface area is 74.1 Å². The average molecular weight is 178 g/mol. The zero-order valence-corrected chi connectivity index (χ0v) is 6.98. The Hall–Kier alpha value is -1.78. The lowest BCUT2D eigenvalue weighted by Crippen LogP contribution is -1.95. The minimum atomic E-state index is -0.495. The van der Waals surface area contributed by atoms with Crippen molar-refractivity contribution in [3.05, 3.63) is 30.6 Å². The van der Waals surface area contributed by atoms with Gasteiger partial charge >= 0.3 is 0 Å². The zero-order chi connectivity index (χ0) is 9.26. The lowest BCUT2D eigenvalue weighted by atomic mass is 10.3. The van der Waals surface area contributed by atoms with Crippen LogP contribution in [0.25, 0.3) is 11.4 Å². The quantitative estimate of drug-likeness (QED) is 0.612. The smallest absolute Gasteiger partial charge is 0.212 e. The number of aryl methyl sites for hydroxylation is 1. The molecule has 0 aliphatic heterocycles. The van der Waals surface area contributed by atoms with Crippen molar-refractivity contribution >= 4 is 0 Å². The fourth-order valence-corrected chi connectivity index (χ4v) is 1.07. The molecule has 0 atom stereocenters. The second-order valence-electron chi connectivity index (χ2n) is 2.58. The Kier molecular flexibility index (Phi) is 1.77. The lowest BCUT2D eigenvalue weighted by molar-refractivity contribution is 0.584. The minimum Gasteiger partial charge on any atom is -0.249 e. The highest BCUT2D eigenvalue weighted by molar-refractivity contribution is 5.52. The van der Waals surface area contributed by atoms with Gasteiger partial charge in [-0.15, -0.1) is 0 Å². The predicted molar refractivity (Wildman–Crippen MR) is 44.2 cm³/mol. The molecule has 4 nitrogen and oxygen atoms in total. The SMILES string of the molecule is Cn1ncnc1-c1ccc(F)nc1. The van der Waals surface area contributed by atoms with E-state index in [2.05, 4.69) is 15.1 Å². The van der Waals surface area contributed by atoms with Crippen LogP contribution in [-0.4, -0.2) is 19.7 Å². The monoisotopic (exact) mass is 178 g/mol. The third kappa shape index (κ3) is 1.40. The second-order valence-corrected chi connectivity index (χ2v) is 2.58. The Morgan fingerprint density at radius 1 is 1.31 bits per heavy atom. The number of rotatable bonds is 1. The molecule has 0 bridgehead atoms. The molecule has 2 heterocycles. The third-order valence-electron chi connectivity index (χ3n) is 1.70. The Morgan fingerprint density at radius 2 is 2.15 bits per heavy atom. The van der Waals surface area contributed by atoms with Gasteiger partial charge in [0.15, 0.2) is 5.82 Å². The average Bonchev–Trinajstić information content (AvgIpc) is 2.53. The molecule has 0 aliphatic rings. The topological polar surface area (TPSA) is 43.6 Å². The minimum absolute atomic E-state index is 0.495. The fourth-order valence-electron chi connectivity index (χ4n) is 1.07. The van der Waals surface area contributed by atoms with E-state index in [1.807, 2.05) is 0 Å². The van der Waals surface area contributed by atoms with Gasteiger partial charge in [0, 0.05) is 18.8 Å². The first kappa shape index (κ1) is 7.85. The summed E-state index contributed by atoms with van der Waals surface area (Å²) in [5.74, 6) is 0.179. The van der Waals surface area contributed by atoms with Crippen LogP contribution in [0.2, 0.25) is 0 Å². The van der Waals surface area contributed by atoms with Gasteiger partial charge in [-0.2, -0.15) is 9.49 Å². The highest BCUT2D eigenvalue weighted by atomic mass is 19.1. The van der Waals surface area contributed by atoms with Crippen molar-refractivity contribution in [2.75, 3.05) is 0 Å². The summed E-state index contributed by atoms with van der Waals surface area (Å²) in [5, 5.41) is 3.90. The molecule has 13 heavy (non-hydrogen) atoms. The maximum Gasteiger partial charge on any atom is 0.212 e. The highest BCUT2D eigenvalue weighted by Crippen LogP contribution is 2.13. The van der Waals surface area contributed by atoms with Crippen molar-refractivity contribution in [1.29, 1.82) is 0 Å². The molecular weight excluding hydrogens is 171 g/mol. The number of hydrogen-bond acceptors (Lipinski definition) is 3. The summed E-state index contributed by atoms with van der Waals surface area (Å²) >= 11 is 0. The van der Waals surface area contributed by atoms with Gasteiger partial charge in [-0.05, 0) is 12.1 Å². The van der Waals surface area contributed by atoms with Gasteiger partial charge in [0.2, 0.25) is 5.95 Å². The molecule has 0 radical (unpaired) electrons. The van der Waals surface area contributed by atoms with E-state index in [0.29, 0.717) is 5.82 Å². The van der Waals surface area contributed by atoms with Gasteiger partial charge in [-0.3, -0.25) is 0 Å². The Balaban J connectivity index is 2.47. The van der Waals surface area contributed by atoms with E-state index in [4.69, 9.17) is 0 Å². The van der Waals surface area contributed by atoms with Gasteiger partial charge in [0.25, 0.3) is 0 Å². The van der Waals surface area contributed by atoms with Crippen LogP contribution in [0.4, 0.5) is 4.39 Å². The molecule has 0 amide bonds. The van der Waals surface area contributed by atoms with Gasteiger partial charge in [-0.25, -0.2) is 14.6 Å². The molecular formula is C8H7FN4. The molecule has 0 spiro atoms.